The van der Waals surface area contributed by atoms with Crippen molar-refractivity contribution in [3.05, 3.63) is 53.1 Å². The van der Waals surface area contributed by atoms with Crippen molar-refractivity contribution < 1.29 is 24.5 Å². The third kappa shape index (κ3) is 5.34. The molecule has 2 aliphatic rings. The normalized spacial score (nSPS) is 20.6. The van der Waals surface area contributed by atoms with Crippen molar-refractivity contribution in [3.63, 3.8) is 0 Å². The molecular weight excluding hydrogens is 434 g/mol. The molecular formula is C26H33N3O5. The molecule has 8 nitrogen and oxygen atoms in total. The number of phenolic OH excluding ortho intramolecular Hbond substituents is 1. The van der Waals surface area contributed by atoms with E-state index >= 15 is 0 Å². The summed E-state index contributed by atoms with van der Waals surface area (Å²) < 4.78 is 5.63. The molecule has 1 heterocycles. The van der Waals surface area contributed by atoms with Crippen molar-refractivity contribution in [1.82, 2.24) is 4.90 Å². The largest absolute Gasteiger partial charge is 0.504 e. The van der Waals surface area contributed by atoms with Crippen molar-refractivity contribution in [2.75, 3.05) is 18.4 Å². The summed E-state index contributed by atoms with van der Waals surface area (Å²) in [6.45, 7) is 4.43. The second-order valence-electron chi connectivity index (χ2n) is 9.33. The number of nitrogens with one attached hydrogen (secondary N) is 1. The fraction of sp³-hybridized carbons (Fsp3) is 0.462. The van der Waals surface area contributed by atoms with E-state index in [-0.39, 0.29) is 17.9 Å². The number of nitrogens with two attached hydrogens (primary N) is 1. The smallest absolute Gasteiger partial charge is 0.417 e. The lowest BCUT2D eigenvalue weighted by Gasteiger charge is -2.45. The highest BCUT2D eigenvalue weighted by Gasteiger charge is 2.37. The molecule has 1 fully saturated rings. The Kier molecular flexibility index (Phi) is 7.38. The first-order valence-corrected chi connectivity index (χ1v) is 12.0. The highest BCUT2D eigenvalue weighted by atomic mass is 16.6. The van der Waals surface area contributed by atoms with E-state index in [2.05, 4.69) is 17.1 Å². The summed E-state index contributed by atoms with van der Waals surface area (Å²) in [5, 5.41) is 22.2. The fourth-order valence-corrected chi connectivity index (χ4v) is 5.34. The van der Waals surface area contributed by atoms with E-state index in [1.54, 1.807) is 30.3 Å². The number of aliphatic carboxylic acids is 1. The van der Waals surface area contributed by atoms with Crippen LogP contribution >= 0.6 is 0 Å². The van der Waals surface area contributed by atoms with Gasteiger partial charge in [-0.1, -0.05) is 25.1 Å². The van der Waals surface area contributed by atoms with Crippen LogP contribution in [0.4, 0.5) is 10.5 Å². The summed E-state index contributed by atoms with van der Waals surface area (Å²) in [7, 11) is 0. The van der Waals surface area contributed by atoms with Gasteiger partial charge >= 0.3 is 12.1 Å². The predicted molar refractivity (Wildman–Crippen MR) is 129 cm³/mol. The van der Waals surface area contributed by atoms with Crippen molar-refractivity contribution in [2.45, 2.75) is 57.5 Å². The Morgan fingerprint density at radius 3 is 2.85 bits per heavy atom. The Labute approximate surface area is 199 Å². The quantitative estimate of drug-likeness (QED) is 0.491. The van der Waals surface area contributed by atoms with Crippen LogP contribution in [0.15, 0.2) is 36.4 Å². The SMILES string of the molecule is CCCN1CCC[C@@H]2Cc3c(ccc(O)c3OC(=O)Nc3cccc(CC(N)C(=O)O)c3)C[C@H]21. The summed E-state index contributed by atoms with van der Waals surface area (Å²) in [6.07, 6.45) is 4.53. The molecule has 0 aromatic heterocycles. The number of rotatable bonds is 7. The van der Waals surface area contributed by atoms with E-state index in [9.17, 15) is 14.7 Å². The molecule has 1 saturated heterocycles. The molecule has 182 valence electrons. The van der Waals surface area contributed by atoms with Crippen LogP contribution in [0.25, 0.3) is 0 Å². The Morgan fingerprint density at radius 1 is 1.26 bits per heavy atom. The van der Waals surface area contributed by atoms with Crippen LogP contribution in [-0.2, 0) is 24.1 Å². The van der Waals surface area contributed by atoms with E-state index in [1.807, 2.05) is 6.07 Å². The first-order chi connectivity index (χ1) is 16.4. The molecule has 1 aliphatic heterocycles. The molecule has 0 spiro atoms. The van der Waals surface area contributed by atoms with Crippen molar-refractivity contribution >= 4 is 17.7 Å². The average Bonchev–Trinajstić information content (AvgIpc) is 2.80. The Bertz CT molecular complexity index is 1050. The fourth-order valence-electron chi connectivity index (χ4n) is 5.34. The van der Waals surface area contributed by atoms with Crippen LogP contribution in [0.3, 0.4) is 0 Å². The van der Waals surface area contributed by atoms with Crippen LogP contribution < -0.4 is 15.8 Å². The zero-order chi connectivity index (χ0) is 24.2. The van der Waals surface area contributed by atoms with Gasteiger partial charge in [-0.15, -0.1) is 0 Å². The topological polar surface area (TPSA) is 125 Å². The van der Waals surface area contributed by atoms with Crippen molar-refractivity contribution in [2.24, 2.45) is 11.7 Å². The molecule has 4 rings (SSSR count). The number of carboxylic acid groups (broad SMARTS) is 1. The second kappa shape index (κ2) is 10.4. The highest BCUT2D eigenvalue weighted by Crippen LogP contribution is 2.42. The molecule has 0 saturated carbocycles. The van der Waals surface area contributed by atoms with Gasteiger partial charge in [0.1, 0.15) is 6.04 Å². The minimum Gasteiger partial charge on any atom is -0.504 e. The van der Waals surface area contributed by atoms with Crippen LogP contribution in [0.1, 0.15) is 42.9 Å². The van der Waals surface area contributed by atoms with Gasteiger partial charge in [-0.25, -0.2) is 4.79 Å². The molecule has 8 heteroatoms. The lowest BCUT2D eigenvalue weighted by atomic mass is 9.75. The summed E-state index contributed by atoms with van der Waals surface area (Å²) in [5.41, 5.74) is 8.80. The van der Waals surface area contributed by atoms with Gasteiger partial charge in [-0.05, 0) is 86.9 Å². The summed E-state index contributed by atoms with van der Waals surface area (Å²) in [6, 6.07) is 9.83. The maximum absolute atomic E-state index is 12.7. The maximum Gasteiger partial charge on any atom is 0.417 e. The van der Waals surface area contributed by atoms with Gasteiger partial charge < -0.3 is 20.7 Å². The van der Waals surface area contributed by atoms with Gasteiger partial charge in [-0.3, -0.25) is 15.0 Å². The maximum atomic E-state index is 12.7. The molecule has 2 aromatic carbocycles. The zero-order valence-corrected chi connectivity index (χ0v) is 19.5. The zero-order valence-electron chi connectivity index (χ0n) is 19.5. The van der Waals surface area contributed by atoms with Crippen LogP contribution in [0.5, 0.6) is 11.5 Å². The molecule has 1 aliphatic carbocycles. The summed E-state index contributed by atoms with van der Waals surface area (Å²) >= 11 is 0. The standard InChI is InChI=1S/C26H33N3O5/c1-2-10-29-11-4-6-18-14-20-17(15-22(18)29)8-9-23(30)24(20)34-26(33)28-19-7-3-5-16(12-19)13-21(27)25(31)32/h3,5,7-9,12,18,21-22,30H,2,4,6,10-11,13-15,27H2,1H3,(H,28,33)(H,31,32)/t18-,21?,22-/m1/s1. The number of fused-ring (bicyclic) bond motifs is 2. The summed E-state index contributed by atoms with van der Waals surface area (Å²) in [5.74, 6) is -0.421. The number of piperidine rings is 1. The molecule has 0 radical (unpaired) electrons. The van der Waals surface area contributed by atoms with Crippen molar-refractivity contribution in [1.29, 1.82) is 0 Å². The lowest BCUT2D eigenvalue weighted by Crippen LogP contribution is -2.49. The highest BCUT2D eigenvalue weighted by molar-refractivity contribution is 5.87. The number of carboxylic acids is 1. The molecule has 0 bridgehead atoms. The molecule has 1 unspecified atom stereocenters. The number of ether oxygens (including phenoxy) is 1. The average molecular weight is 468 g/mol. The number of phenols is 1. The number of aromatic hydroxyl groups is 1. The molecule has 1 amide bonds. The van der Waals surface area contributed by atoms with E-state index in [4.69, 9.17) is 15.6 Å². The Balaban J connectivity index is 1.48. The number of nitrogens with zero attached hydrogens (tertiary/aromatic N) is 1. The number of amides is 1. The monoisotopic (exact) mass is 467 g/mol. The number of hydrogen-bond acceptors (Lipinski definition) is 6. The first kappa shape index (κ1) is 24.0. The second-order valence-corrected chi connectivity index (χ2v) is 9.33. The van der Waals surface area contributed by atoms with Gasteiger partial charge in [0.25, 0.3) is 0 Å². The molecule has 3 atom stereocenters. The first-order valence-electron chi connectivity index (χ1n) is 12.0. The third-order valence-electron chi connectivity index (χ3n) is 6.92. The number of carbonyl (C=O) groups excluding carboxylic acids is 1. The van der Waals surface area contributed by atoms with Crippen LogP contribution in [-0.4, -0.2) is 52.3 Å². The van der Waals surface area contributed by atoms with E-state index in [0.29, 0.717) is 23.2 Å². The Morgan fingerprint density at radius 2 is 2.09 bits per heavy atom. The number of likely N-dealkylation sites (tertiary alicyclic amines) is 1. The minimum atomic E-state index is -1.08. The lowest BCUT2D eigenvalue weighted by molar-refractivity contribution is -0.138. The third-order valence-corrected chi connectivity index (χ3v) is 6.92. The van der Waals surface area contributed by atoms with Gasteiger partial charge in [0.05, 0.1) is 0 Å². The van der Waals surface area contributed by atoms with Gasteiger partial charge in [-0.2, -0.15) is 0 Å². The van der Waals surface area contributed by atoms with Crippen LogP contribution in [0.2, 0.25) is 0 Å². The number of carbonyl (C=O) groups is 2. The van der Waals surface area contributed by atoms with Gasteiger partial charge in [0.2, 0.25) is 0 Å². The molecule has 5 N–H and O–H groups in total. The van der Waals surface area contributed by atoms with Gasteiger partial charge in [0, 0.05) is 17.3 Å². The predicted octanol–water partition coefficient (Wildman–Crippen LogP) is 3.55. The van der Waals surface area contributed by atoms with Crippen molar-refractivity contribution in [3.8, 4) is 11.5 Å². The van der Waals surface area contributed by atoms with Gasteiger partial charge in [0.15, 0.2) is 11.5 Å². The number of benzene rings is 2. The summed E-state index contributed by atoms with van der Waals surface area (Å²) in [4.78, 5) is 26.3. The number of hydrogen-bond donors (Lipinski definition) is 4. The van der Waals surface area contributed by atoms with E-state index in [0.717, 1.165) is 56.3 Å². The minimum absolute atomic E-state index is 0.0465. The number of anilines is 1. The molecule has 2 aromatic rings. The van der Waals surface area contributed by atoms with E-state index < -0.39 is 18.1 Å². The van der Waals surface area contributed by atoms with Crippen LogP contribution in [0, 0.1) is 5.92 Å². The molecule has 34 heavy (non-hydrogen) atoms. The Hall–Kier alpha value is -3.10. The van der Waals surface area contributed by atoms with E-state index in [1.165, 1.54) is 0 Å².